The lowest BCUT2D eigenvalue weighted by atomic mass is 10.1. The van der Waals surface area contributed by atoms with Crippen LogP contribution >= 0.6 is 0 Å². The summed E-state index contributed by atoms with van der Waals surface area (Å²) in [7, 11) is 1.23. The number of hydrogen-bond donors (Lipinski definition) is 2. The Morgan fingerprint density at radius 2 is 1.94 bits per heavy atom. The van der Waals surface area contributed by atoms with Gasteiger partial charge in [0, 0.05) is 7.11 Å². The van der Waals surface area contributed by atoms with Crippen molar-refractivity contribution >= 4 is 11.9 Å². The third-order valence-electron chi connectivity index (χ3n) is 2.34. The molecule has 1 aromatic carbocycles. The van der Waals surface area contributed by atoms with E-state index >= 15 is 0 Å². The average molecular weight is 253 g/mol. The maximum Gasteiger partial charge on any atom is 0.324 e. The summed E-state index contributed by atoms with van der Waals surface area (Å²) in [6, 6.07) is 8.93. The van der Waals surface area contributed by atoms with E-state index in [0.29, 0.717) is 0 Å². The fraction of sp³-hybridized carbons (Fsp3) is 0.333. The number of ether oxygens (including phenoxy) is 2. The van der Waals surface area contributed by atoms with Crippen LogP contribution in [0.2, 0.25) is 0 Å². The third-order valence-corrected chi connectivity index (χ3v) is 2.34. The standard InChI is InChI=1S/C12H15NO5/c1-17-10(13)9(11(14)15)12(16)18-7-8-5-3-2-4-6-8/h2-6,9-10H,7,13H2,1H3,(H,14,15). The van der Waals surface area contributed by atoms with Gasteiger partial charge in [-0.05, 0) is 5.56 Å². The second-order valence-electron chi connectivity index (χ2n) is 3.61. The first-order chi connectivity index (χ1) is 8.56. The fourth-order valence-corrected chi connectivity index (χ4v) is 1.33. The molecule has 0 bridgehead atoms. The number of methoxy groups -OCH3 is 1. The molecule has 2 unspecified atom stereocenters. The van der Waals surface area contributed by atoms with Crippen molar-refractivity contribution in [1.29, 1.82) is 0 Å². The van der Waals surface area contributed by atoms with Crippen molar-refractivity contribution in [1.82, 2.24) is 0 Å². The van der Waals surface area contributed by atoms with E-state index in [1.54, 1.807) is 24.3 Å². The monoisotopic (exact) mass is 253 g/mol. The number of nitrogens with two attached hydrogens (primary N) is 1. The van der Waals surface area contributed by atoms with Crippen molar-refractivity contribution in [2.75, 3.05) is 7.11 Å². The van der Waals surface area contributed by atoms with Gasteiger partial charge in [0.2, 0.25) is 0 Å². The van der Waals surface area contributed by atoms with Crippen molar-refractivity contribution < 1.29 is 24.2 Å². The second-order valence-corrected chi connectivity index (χ2v) is 3.61. The molecule has 1 aromatic rings. The molecule has 0 aliphatic carbocycles. The van der Waals surface area contributed by atoms with Crippen LogP contribution in [0.5, 0.6) is 0 Å². The molecule has 1 rings (SSSR count). The molecule has 0 aliphatic rings. The van der Waals surface area contributed by atoms with Gasteiger partial charge in [-0.3, -0.25) is 9.59 Å². The summed E-state index contributed by atoms with van der Waals surface area (Å²) < 4.78 is 9.54. The quantitative estimate of drug-likeness (QED) is 0.431. The van der Waals surface area contributed by atoms with E-state index in [1.165, 1.54) is 7.11 Å². The highest BCUT2D eigenvalue weighted by atomic mass is 16.5. The molecule has 0 heterocycles. The minimum Gasteiger partial charge on any atom is -0.480 e. The second kappa shape index (κ2) is 6.73. The van der Waals surface area contributed by atoms with Crippen LogP contribution in [0.3, 0.4) is 0 Å². The van der Waals surface area contributed by atoms with Crippen LogP contribution in [0.4, 0.5) is 0 Å². The Labute approximate surface area is 104 Å². The molecule has 0 spiro atoms. The van der Waals surface area contributed by atoms with Gasteiger partial charge >= 0.3 is 11.9 Å². The molecular formula is C12H15NO5. The van der Waals surface area contributed by atoms with E-state index in [4.69, 9.17) is 15.6 Å². The zero-order valence-corrected chi connectivity index (χ0v) is 9.91. The van der Waals surface area contributed by atoms with Crippen LogP contribution in [-0.2, 0) is 25.7 Å². The van der Waals surface area contributed by atoms with E-state index in [9.17, 15) is 9.59 Å². The van der Waals surface area contributed by atoms with Gasteiger partial charge in [-0.25, -0.2) is 0 Å². The van der Waals surface area contributed by atoms with Gasteiger partial charge in [0.05, 0.1) is 0 Å². The van der Waals surface area contributed by atoms with Gasteiger partial charge in [-0.15, -0.1) is 0 Å². The number of carbonyl (C=O) groups is 2. The molecule has 98 valence electrons. The van der Waals surface area contributed by atoms with E-state index < -0.39 is 24.1 Å². The van der Waals surface area contributed by atoms with Gasteiger partial charge in [-0.1, -0.05) is 30.3 Å². The zero-order chi connectivity index (χ0) is 13.5. The summed E-state index contributed by atoms with van der Waals surface area (Å²) in [5.41, 5.74) is 6.15. The lowest BCUT2D eigenvalue weighted by molar-refractivity contribution is -0.165. The zero-order valence-electron chi connectivity index (χ0n) is 9.91. The lowest BCUT2D eigenvalue weighted by Gasteiger charge is -2.17. The van der Waals surface area contributed by atoms with Crippen molar-refractivity contribution in [3.8, 4) is 0 Å². The number of carboxylic acid groups (broad SMARTS) is 1. The molecule has 0 radical (unpaired) electrons. The molecule has 18 heavy (non-hydrogen) atoms. The molecule has 2 atom stereocenters. The maximum atomic E-state index is 11.6. The Bertz CT molecular complexity index is 406. The maximum absolute atomic E-state index is 11.6. The van der Waals surface area contributed by atoms with Crippen LogP contribution < -0.4 is 5.73 Å². The Morgan fingerprint density at radius 1 is 1.33 bits per heavy atom. The fourth-order valence-electron chi connectivity index (χ4n) is 1.33. The van der Waals surface area contributed by atoms with Gasteiger partial charge in [0.25, 0.3) is 0 Å². The van der Waals surface area contributed by atoms with Crippen LogP contribution in [-0.4, -0.2) is 30.4 Å². The highest BCUT2D eigenvalue weighted by Crippen LogP contribution is 2.09. The van der Waals surface area contributed by atoms with Gasteiger partial charge in [0.15, 0.2) is 5.92 Å². The van der Waals surface area contributed by atoms with Crippen molar-refractivity contribution in [2.45, 2.75) is 12.8 Å². The summed E-state index contributed by atoms with van der Waals surface area (Å²) in [6.07, 6.45) is -1.23. The summed E-state index contributed by atoms with van der Waals surface area (Å²) in [5.74, 6) is -3.82. The number of carbonyl (C=O) groups excluding carboxylic acids is 1. The Balaban J connectivity index is 2.60. The minimum absolute atomic E-state index is 0.000111. The first-order valence-electron chi connectivity index (χ1n) is 5.28. The van der Waals surface area contributed by atoms with Crippen LogP contribution in [0, 0.1) is 5.92 Å². The van der Waals surface area contributed by atoms with Crippen molar-refractivity contribution in [3.05, 3.63) is 35.9 Å². The predicted molar refractivity (Wildman–Crippen MR) is 62.3 cm³/mol. The van der Waals surface area contributed by atoms with Crippen molar-refractivity contribution in [2.24, 2.45) is 11.7 Å². The van der Waals surface area contributed by atoms with E-state index in [1.807, 2.05) is 6.07 Å². The van der Waals surface area contributed by atoms with Gasteiger partial charge < -0.3 is 20.3 Å². The number of hydrogen-bond acceptors (Lipinski definition) is 5. The first-order valence-corrected chi connectivity index (χ1v) is 5.28. The summed E-state index contributed by atoms with van der Waals surface area (Å²) >= 11 is 0. The average Bonchev–Trinajstić information content (AvgIpc) is 2.37. The topological polar surface area (TPSA) is 98.9 Å². The van der Waals surface area contributed by atoms with Crippen molar-refractivity contribution in [3.63, 3.8) is 0 Å². The summed E-state index contributed by atoms with van der Waals surface area (Å²) in [4.78, 5) is 22.5. The summed E-state index contributed by atoms with van der Waals surface area (Å²) in [6.45, 7) is -0.000111. The number of benzene rings is 1. The first kappa shape index (κ1) is 14.1. The highest BCUT2D eigenvalue weighted by Gasteiger charge is 2.34. The smallest absolute Gasteiger partial charge is 0.324 e. The predicted octanol–water partition coefficient (Wildman–Crippen LogP) is 0.362. The lowest BCUT2D eigenvalue weighted by Crippen LogP contribution is -2.42. The number of rotatable bonds is 6. The van der Waals surface area contributed by atoms with E-state index in [-0.39, 0.29) is 6.61 Å². The molecule has 0 saturated heterocycles. The molecular weight excluding hydrogens is 238 g/mol. The molecule has 0 saturated carbocycles. The molecule has 0 aliphatic heterocycles. The Hall–Kier alpha value is -1.92. The largest absolute Gasteiger partial charge is 0.480 e. The molecule has 6 nitrogen and oxygen atoms in total. The summed E-state index contributed by atoms with van der Waals surface area (Å²) in [5, 5.41) is 8.88. The third kappa shape index (κ3) is 3.83. The van der Waals surface area contributed by atoms with Crippen LogP contribution in [0.25, 0.3) is 0 Å². The van der Waals surface area contributed by atoms with E-state index in [2.05, 4.69) is 4.74 Å². The Kier molecular flexibility index (Phi) is 5.29. The molecule has 3 N–H and O–H groups in total. The number of esters is 1. The molecule has 0 aromatic heterocycles. The molecule has 0 fully saturated rings. The SMILES string of the molecule is COC(N)C(C(=O)O)C(=O)OCc1ccccc1. The minimum atomic E-state index is -1.53. The van der Waals surface area contributed by atoms with E-state index in [0.717, 1.165) is 5.56 Å². The molecule has 6 heteroatoms. The Morgan fingerprint density at radius 3 is 2.44 bits per heavy atom. The van der Waals surface area contributed by atoms with Gasteiger partial charge in [0.1, 0.15) is 12.8 Å². The van der Waals surface area contributed by atoms with Gasteiger partial charge in [-0.2, -0.15) is 0 Å². The highest BCUT2D eigenvalue weighted by molar-refractivity contribution is 5.94. The molecule has 0 amide bonds. The van der Waals surface area contributed by atoms with Crippen LogP contribution in [0.1, 0.15) is 5.56 Å². The van der Waals surface area contributed by atoms with Crippen LogP contribution in [0.15, 0.2) is 30.3 Å². The number of aliphatic carboxylic acids is 1. The normalized spacial score (nSPS) is 13.7. The number of carboxylic acids is 1.